The van der Waals surface area contributed by atoms with Gasteiger partial charge in [-0.15, -0.1) is 0 Å². The van der Waals surface area contributed by atoms with E-state index in [0.29, 0.717) is 44.3 Å². The summed E-state index contributed by atoms with van der Waals surface area (Å²) in [5.74, 6) is -0.597. The number of nitrogens with one attached hydrogen (secondary N) is 2. The van der Waals surface area contributed by atoms with Crippen molar-refractivity contribution in [3.05, 3.63) is 86.1 Å². The minimum atomic E-state index is -3.85. The second-order valence-electron chi connectivity index (χ2n) is 10.1. The Bertz CT molecular complexity index is 2090. The lowest BCUT2D eigenvalue weighted by molar-refractivity contribution is 0.0977. The minimum Gasteiger partial charge on any atom is -0.377 e. The Morgan fingerprint density at radius 1 is 1.07 bits per heavy atom. The molecule has 0 bridgehead atoms. The van der Waals surface area contributed by atoms with Crippen molar-refractivity contribution < 1.29 is 13.2 Å². The number of carbonyl (C=O) groups is 1. The number of benzene rings is 1. The van der Waals surface area contributed by atoms with Crippen LogP contribution in [0.25, 0.3) is 33.7 Å². The Labute approximate surface area is 256 Å². The topological polar surface area (TPSA) is 154 Å². The van der Waals surface area contributed by atoms with Crippen LogP contribution in [0.15, 0.2) is 53.6 Å². The molecule has 12 nitrogen and oxygen atoms in total. The highest BCUT2D eigenvalue weighted by atomic mass is 35.5. The number of aryl methyl sites for hydroxylation is 2. The van der Waals surface area contributed by atoms with E-state index in [1.165, 1.54) is 16.7 Å². The van der Waals surface area contributed by atoms with Gasteiger partial charge >= 0.3 is 0 Å². The number of hydrogen-bond acceptors (Lipinski definition) is 9. The van der Waals surface area contributed by atoms with E-state index in [4.69, 9.17) is 28.2 Å². The fourth-order valence-electron chi connectivity index (χ4n) is 4.68. The lowest BCUT2D eigenvalue weighted by Crippen LogP contribution is -2.31. The van der Waals surface area contributed by atoms with Gasteiger partial charge in [0.25, 0.3) is 11.5 Å². The Morgan fingerprint density at radius 3 is 2.47 bits per heavy atom. The van der Waals surface area contributed by atoms with Gasteiger partial charge in [-0.05, 0) is 49.7 Å². The van der Waals surface area contributed by atoms with E-state index in [1.807, 2.05) is 24.6 Å². The number of aromatic nitrogens is 6. The first-order valence-electron chi connectivity index (χ1n) is 12.8. The molecule has 1 atom stereocenters. The van der Waals surface area contributed by atoms with Gasteiger partial charge in [-0.3, -0.25) is 23.8 Å². The van der Waals surface area contributed by atoms with E-state index in [9.17, 15) is 18.0 Å². The second-order valence-corrected chi connectivity index (χ2v) is 12.6. The lowest BCUT2D eigenvalue weighted by atomic mass is 10.0. The number of rotatable bonds is 7. The van der Waals surface area contributed by atoms with Gasteiger partial charge in [-0.25, -0.2) is 23.1 Å². The molecule has 5 aromatic rings. The van der Waals surface area contributed by atoms with Crippen molar-refractivity contribution in [3.63, 3.8) is 0 Å². The number of amides is 1. The molecule has 0 spiro atoms. The minimum absolute atomic E-state index is 0.00833. The van der Waals surface area contributed by atoms with Gasteiger partial charge < -0.3 is 5.32 Å². The molecule has 0 fully saturated rings. The Kier molecular flexibility index (Phi) is 7.99. The molecule has 15 heteroatoms. The van der Waals surface area contributed by atoms with Gasteiger partial charge in [0, 0.05) is 37.6 Å². The maximum absolute atomic E-state index is 13.6. The predicted molar refractivity (Wildman–Crippen MR) is 166 cm³/mol. The van der Waals surface area contributed by atoms with Gasteiger partial charge in [-0.1, -0.05) is 29.3 Å². The van der Waals surface area contributed by atoms with Crippen LogP contribution in [0.5, 0.6) is 0 Å². The Hall–Kier alpha value is -4.33. The third kappa shape index (κ3) is 6.24. The zero-order chi connectivity index (χ0) is 31.2. The molecule has 0 aliphatic rings. The van der Waals surface area contributed by atoms with Crippen molar-refractivity contribution in [3.8, 4) is 22.8 Å². The monoisotopic (exact) mass is 640 g/mol. The Morgan fingerprint density at radius 2 is 1.81 bits per heavy atom. The molecule has 43 heavy (non-hydrogen) atoms. The maximum Gasteiger partial charge on any atom is 0.285 e. The molecular formula is C28H26Cl2N8O4S. The molecule has 1 aromatic carbocycles. The predicted octanol–water partition coefficient (Wildman–Crippen LogP) is 4.27. The number of hydrogen-bond donors (Lipinski definition) is 2. The maximum atomic E-state index is 13.6. The van der Waals surface area contributed by atoms with Gasteiger partial charge in [0.2, 0.25) is 10.0 Å². The van der Waals surface area contributed by atoms with Crippen molar-refractivity contribution in [1.29, 1.82) is 0 Å². The summed E-state index contributed by atoms with van der Waals surface area (Å²) in [4.78, 5) is 39.7. The molecular weight excluding hydrogens is 615 g/mol. The number of fused-ring (bicyclic) bond motifs is 1. The van der Waals surface area contributed by atoms with E-state index in [-0.39, 0.29) is 22.1 Å². The highest BCUT2D eigenvalue weighted by Crippen LogP contribution is 2.31. The third-order valence-corrected chi connectivity index (χ3v) is 7.66. The molecule has 0 aliphatic carbocycles. The summed E-state index contributed by atoms with van der Waals surface area (Å²) >= 11 is 12.6. The highest BCUT2D eigenvalue weighted by molar-refractivity contribution is 7.89. The average molecular weight is 642 g/mol. The quantitative estimate of drug-likeness (QED) is 0.248. The molecule has 0 saturated carbocycles. The molecule has 0 aliphatic heterocycles. The first-order chi connectivity index (χ1) is 20.2. The number of nitrogens with zero attached hydrogens (tertiary/aromatic N) is 6. The van der Waals surface area contributed by atoms with Crippen LogP contribution in [0.2, 0.25) is 10.2 Å². The Balaban J connectivity index is 1.60. The molecule has 1 amide bonds. The smallest absolute Gasteiger partial charge is 0.285 e. The van der Waals surface area contributed by atoms with Crippen molar-refractivity contribution in [2.45, 2.75) is 19.9 Å². The zero-order valence-corrected chi connectivity index (χ0v) is 26.0. The van der Waals surface area contributed by atoms with E-state index >= 15 is 0 Å². The van der Waals surface area contributed by atoms with Crippen molar-refractivity contribution >= 4 is 55.7 Å². The summed E-state index contributed by atoms with van der Waals surface area (Å²) in [5.41, 5.74) is 3.29. The molecule has 5 rings (SSSR count). The second kappa shape index (κ2) is 11.4. The number of halogens is 2. The van der Waals surface area contributed by atoms with E-state index in [1.54, 1.807) is 49.4 Å². The third-order valence-electron chi connectivity index (χ3n) is 6.60. The molecule has 0 unspecified atom stereocenters. The number of anilines is 1. The molecule has 0 radical (unpaired) electrons. The van der Waals surface area contributed by atoms with Crippen LogP contribution in [0.4, 0.5) is 5.69 Å². The molecule has 4 heterocycles. The average Bonchev–Trinajstić information content (AvgIpc) is 3.36. The summed E-state index contributed by atoms with van der Waals surface area (Å²) in [5, 5.41) is 8.30. The van der Waals surface area contributed by atoms with Gasteiger partial charge in [0.05, 0.1) is 33.9 Å². The van der Waals surface area contributed by atoms with E-state index in [2.05, 4.69) is 20.4 Å². The van der Waals surface area contributed by atoms with Gasteiger partial charge in [0.1, 0.15) is 22.4 Å². The first kappa shape index (κ1) is 30.1. The standard InChI is InChI=1S/C28H26Cl2N8O4S/c1-14-10-17(15(2)32-20-6-7-22(30)33-25(20)27(39)36-43(5,41)42)23-18(11-14)28(40)38(4)26(34-23)16-12-19(29)24(31-13-16)21-8-9-37(3)35-21/h6-13,15,32H,1-5H3,(H,36,39)/t15-/m1/s1. The van der Waals surface area contributed by atoms with Crippen LogP contribution in [-0.2, 0) is 24.1 Å². The first-order valence-corrected chi connectivity index (χ1v) is 15.5. The number of sulfonamides is 1. The van der Waals surface area contributed by atoms with Gasteiger partial charge in [0.15, 0.2) is 5.69 Å². The van der Waals surface area contributed by atoms with Crippen molar-refractivity contribution in [1.82, 2.24) is 34.0 Å². The number of pyridine rings is 2. The van der Waals surface area contributed by atoms with Crippen molar-refractivity contribution in [2.24, 2.45) is 14.1 Å². The van der Waals surface area contributed by atoms with E-state index in [0.717, 1.165) is 11.8 Å². The zero-order valence-electron chi connectivity index (χ0n) is 23.7. The van der Waals surface area contributed by atoms with E-state index < -0.39 is 22.0 Å². The summed E-state index contributed by atoms with van der Waals surface area (Å²) in [6.45, 7) is 3.68. The fourth-order valence-corrected chi connectivity index (χ4v) is 5.53. The van der Waals surface area contributed by atoms with Crippen molar-refractivity contribution in [2.75, 3.05) is 11.6 Å². The molecule has 0 saturated heterocycles. The van der Waals surface area contributed by atoms with Crippen LogP contribution in [0.3, 0.4) is 0 Å². The summed E-state index contributed by atoms with van der Waals surface area (Å²) in [7, 11) is -0.432. The molecule has 4 aromatic heterocycles. The number of carbonyl (C=O) groups excluding carboxylic acids is 1. The van der Waals surface area contributed by atoms with Crippen LogP contribution in [0.1, 0.15) is 34.6 Å². The summed E-state index contributed by atoms with van der Waals surface area (Å²) < 4.78 is 28.4. The highest BCUT2D eigenvalue weighted by Gasteiger charge is 2.22. The largest absolute Gasteiger partial charge is 0.377 e. The SMILES string of the molecule is Cc1cc([C@@H](C)Nc2ccc(Cl)nc2C(=O)NS(C)(=O)=O)c2nc(-c3cnc(-c4ccn(C)n4)c(Cl)c3)n(C)c(=O)c2c1. The molecule has 222 valence electrons. The van der Waals surface area contributed by atoms with Crippen LogP contribution < -0.4 is 15.6 Å². The van der Waals surface area contributed by atoms with Crippen LogP contribution in [-0.4, -0.2) is 49.9 Å². The molecule has 2 N–H and O–H groups in total. The normalized spacial score (nSPS) is 12.3. The van der Waals surface area contributed by atoms with Crippen LogP contribution >= 0.6 is 23.2 Å². The summed E-state index contributed by atoms with van der Waals surface area (Å²) in [6, 6.07) is 9.60. The lowest BCUT2D eigenvalue weighted by Gasteiger charge is -2.20. The van der Waals surface area contributed by atoms with Gasteiger partial charge in [-0.2, -0.15) is 5.10 Å². The summed E-state index contributed by atoms with van der Waals surface area (Å²) in [6.07, 6.45) is 4.24. The fraction of sp³-hybridized carbons (Fsp3) is 0.214. The van der Waals surface area contributed by atoms with Crippen LogP contribution in [0, 0.1) is 6.92 Å².